The van der Waals surface area contributed by atoms with Gasteiger partial charge in [-0.3, -0.25) is 4.79 Å². The Bertz CT molecular complexity index is 887. The van der Waals surface area contributed by atoms with E-state index in [9.17, 15) is 4.79 Å². The summed E-state index contributed by atoms with van der Waals surface area (Å²) in [7, 11) is 0. The predicted molar refractivity (Wildman–Crippen MR) is 110 cm³/mol. The lowest BCUT2D eigenvalue weighted by Gasteiger charge is -2.17. The molecule has 7 heteroatoms. The van der Waals surface area contributed by atoms with Gasteiger partial charge in [-0.05, 0) is 50.3 Å². The lowest BCUT2D eigenvalue weighted by Crippen LogP contribution is -2.25. The number of nitrogens with zero attached hydrogens (tertiary/aromatic N) is 3. The number of aromatic amines is 1. The Kier molecular flexibility index (Phi) is 6.38. The number of nitrogens with one attached hydrogen (secondary N) is 3. The number of hydrogen-bond donors (Lipinski definition) is 3. The van der Waals surface area contributed by atoms with E-state index in [0.29, 0.717) is 17.9 Å². The Morgan fingerprint density at radius 1 is 1.11 bits per heavy atom. The van der Waals surface area contributed by atoms with E-state index in [1.165, 1.54) is 0 Å². The Hall–Kier alpha value is -2.93. The van der Waals surface area contributed by atoms with Crippen LogP contribution in [0.15, 0.2) is 36.4 Å². The number of carbonyl (C=O) groups is 1. The van der Waals surface area contributed by atoms with Crippen molar-refractivity contribution in [3.8, 4) is 11.5 Å². The predicted octanol–water partition coefficient (Wildman–Crippen LogP) is 3.34. The van der Waals surface area contributed by atoms with Crippen LogP contribution in [-0.2, 0) is 4.79 Å². The van der Waals surface area contributed by atoms with Crippen molar-refractivity contribution >= 4 is 28.9 Å². The van der Waals surface area contributed by atoms with Crippen molar-refractivity contribution < 1.29 is 4.79 Å². The van der Waals surface area contributed by atoms with Gasteiger partial charge in [0.05, 0.1) is 11.2 Å². The summed E-state index contributed by atoms with van der Waals surface area (Å²) in [5.74, 6) is 1.51. The highest BCUT2D eigenvalue weighted by Gasteiger charge is 2.10. The molecule has 0 atom stereocenters. The highest BCUT2D eigenvalue weighted by Crippen LogP contribution is 2.25. The standard InChI is InChI=1S/C20H26N6O/c1-3-26(4-2)13-7-12-21-18-11-6-10-17(23-18)20-24-16-9-5-8-15(22-14-27)19(16)25-20/h5-6,8-11,14H,3-4,7,12-13H2,1-2H3,(H,21,23)(H,22,27)(H,24,25). The van der Waals surface area contributed by atoms with E-state index in [1.807, 2.05) is 36.4 Å². The molecule has 0 saturated heterocycles. The second-order valence-electron chi connectivity index (χ2n) is 6.26. The van der Waals surface area contributed by atoms with Crippen molar-refractivity contribution in [2.45, 2.75) is 20.3 Å². The number of fused-ring (bicyclic) bond motifs is 1. The minimum atomic E-state index is 0.657. The van der Waals surface area contributed by atoms with Gasteiger partial charge in [0, 0.05) is 6.54 Å². The molecule has 0 spiro atoms. The van der Waals surface area contributed by atoms with E-state index in [-0.39, 0.29) is 0 Å². The molecule has 1 aromatic carbocycles. The summed E-state index contributed by atoms with van der Waals surface area (Å²) in [5.41, 5.74) is 3.02. The van der Waals surface area contributed by atoms with Gasteiger partial charge in [0.1, 0.15) is 17.0 Å². The van der Waals surface area contributed by atoms with E-state index in [2.05, 4.69) is 44.3 Å². The molecule has 2 aromatic heterocycles. The first-order valence-corrected chi connectivity index (χ1v) is 9.37. The number of pyridine rings is 1. The molecule has 0 bridgehead atoms. The number of imidazole rings is 1. The molecule has 3 aromatic rings. The maximum atomic E-state index is 10.8. The van der Waals surface area contributed by atoms with Gasteiger partial charge in [0.25, 0.3) is 0 Å². The second kappa shape index (κ2) is 9.14. The normalized spacial score (nSPS) is 11.1. The number of anilines is 2. The number of hydrogen-bond acceptors (Lipinski definition) is 5. The zero-order valence-electron chi connectivity index (χ0n) is 15.8. The fourth-order valence-electron chi connectivity index (χ4n) is 3.06. The summed E-state index contributed by atoms with van der Waals surface area (Å²) in [5, 5.41) is 6.07. The molecule has 0 saturated carbocycles. The summed E-state index contributed by atoms with van der Waals surface area (Å²) >= 11 is 0. The highest BCUT2D eigenvalue weighted by atomic mass is 16.1. The topological polar surface area (TPSA) is 85.9 Å². The molecule has 0 radical (unpaired) electrons. The zero-order chi connectivity index (χ0) is 19.1. The summed E-state index contributed by atoms with van der Waals surface area (Å²) < 4.78 is 0. The highest BCUT2D eigenvalue weighted by molar-refractivity contribution is 5.94. The molecule has 0 aliphatic carbocycles. The van der Waals surface area contributed by atoms with Crippen LogP contribution in [0.25, 0.3) is 22.6 Å². The lowest BCUT2D eigenvalue weighted by atomic mass is 10.3. The first-order valence-electron chi connectivity index (χ1n) is 9.37. The Morgan fingerprint density at radius 2 is 1.93 bits per heavy atom. The third kappa shape index (κ3) is 4.62. The van der Waals surface area contributed by atoms with Gasteiger partial charge >= 0.3 is 0 Å². The van der Waals surface area contributed by atoms with Crippen LogP contribution in [-0.4, -0.2) is 52.4 Å². The molecule has 3 N–H and O–H groups in total. The third-order valence-corrected chi connectivity index (χ3v) is 4.57. The monoisotopic (exact) mass is 366 g/mol. The van der Waals surface area contributed by atoms with E-state index >= 15 is 0 Å². The fourth-order valence-corrected chi connectivity index (χ4v) is 3.06. The maximum absolute atomic E-state index is 10.8. The van der Waals surface area contributed by atoms with E-state index in [1.54, 1.807) is 0 Å². The van der Waals surface area contributed by atoms with E-state index in [4.69, 9.17) is 0 Å². The molecule has 0 aliphatic heterocycles. The van der Waals surface area contributed by atoms with E-state index in [0.717, 1.165) is 55.1 Å². The number of para-hydroxylation sites is 1. The number of H-pyrrole nitrogens is 1. The van der Waals surface area contributed by atoms with E-state index < -0.39 is 0 Å². The molecule has 7 nitrogen and oxygen atoms in total. The molecule has 0 unspecified atom stereocenters. The summed E-state index contributed by atoms with van der Waals surface area (Å²) in [4.78, 5) is 25.7. The lowest BCUT2D eigenvalue weighted by molar-refractivity contribution is -0.105. The molecule has 0 aliphatic rings. The number of rotatable bonds is 10. The number of amides is 1. The van der Waals surface area contributed by atoms with Crippen LogP contribution >= 0.6 is 0 Å². The average molecular weight is 366 g/mol. The number of benzene rings is 1. The van der Waals surface area contributed by atoms with Gasteiger partial charge in [0.15, 0.2) is 5.82 Å². The smallest absolute Gasteiger partial charge is 0.211 e. The summed E-state index contributed by atoms with van der Waals surface area (Å²) in [6.07, 6.45) is 1.73. The minimum Gasteiger partial charge on any atom is -0.370 e. The quantitative estimate of drug-likeness (QED) is 0.378. The second-order valence-corrected chi connectivity index (χ2v) is 6.26. The first kappa shape index (κ1) is 18.8. The van der Waals surface area contributed by atoms with Crippen LogP contribution in [0.1, 0.15) is 20.3 Å². The van der Waals surface area contributed by atoms with Crippen molar-refractivity contribution in [1.82, 2.24) is 19.9 Å². The summed E-state index contributed by atoms with van der Waals surface area (Å²) in [6, 6.07) is 11.5. The van der Waals surface area contributed by atoms with Crippen LogP contribution < -0.4 is 10.6 Å². The van der Waals surface area contributed by atoms with Crippen molar-refractivity contribution in [1.29, 1.82) is 0 Å². The maximum Gasteiger partial charge on any atom is 0.211 e. The van der Waals surface area contributed by atoms with Crippen LogP contribution in [0, 0.1) is 0 Å². The fraction of sp³-hybridized carbons (Fsp3) is 0.350. The molecule has 142 valence electrons. The van der Waals surface area contributed by atoms with Crippen molar-refractivity contribution in [3.05, 3.63) is 36.4 Å². The van der Waals surface area contributed by atoms with Gasteiger partial charge in [0.2, 0.25) is 6.41 Å². The molecule has 3 rings (SSSR count). The zero-order valence-corrected chi connectivity index (χ0v) is 15.8. The van der Waals surface area contributed by atoms with Crippen molar-refractivity contribution in [2.75, 3.05) is 36.8 Å². The van der Waals surface area contributed by atoms with Gasteiger partial charge in [-0.2, -0.15) is 0 Å². The third-order valence-electron chi connectivity index (χ3n) is 4.57. The summed E-state index contributed by atoms with van der Waals surface area (Å²) in [6.45, 7) is 8.49. The van der Waals surface area contributed by atoms with Gasteiger partial charge in [-0.15, -0.1) is 0 Å². The van der Waals surface area contributed by atoms with Crippen molar-refractivity contribution in [2.24, 2.45) is 0 Å². The van der Waals surface area contributed by atoms with Gasteiger partial charge in [-0.1, -0.05) is 26.0 Å². The molecular weight excluding hydrogens is 340 g/mol. The van der Waals surface area contributed by atoms with Gasteiger partial charge < -0.3 is 20.5 Å². The number of aromatic nitrogens is 3. The SMILES string of the molecule is CCN(CC)CCCNc1cccc(-c2nc3c(NC=O)cccc3[nH]2)n1. The van der Waals surface area contributed by atoms with Crippen LogP contribution in [0.5, 0.6) is 0 Å². The number of carbonyl (C=O) groups excluding carboxylic acids is 1. The van der Waals surface area contributed by atoms with Crippen LogP contribution in [0.4, 0.5) is 11.5 Å². The molecule has 1 amide bonds. The Morgan fingerprint density at radius 3 is 2.70 bits per heavy atom. The average Bonchev–Trinajstić information content (AvgIpc) is 3.14. The molecule has 27 heavy (non-hydrogen) atoms. The van der Waals surface area contributed by atoms with Crippen LogP contribution in [0.2, 0.25) is 0 Å². The first-order chi connectivity index (χ1) is 13.2. The molecule has 2 heterocycles. The molecule has 0 fully saturated rings. The Labute approximate surface area is 159 Å². The minimum absolute atomic E-state index is 0.657. The Balaban J connectivity index is 1.71. The van der Waals surface area contributed by atoms with Crippen molar-refractivity contribution in [3.63, 3.8) is 0 Å². The van der Waals surface area contributed by atoms with Crippen LogP contribution in [0.3, 0.4) is 0 Å². The largest absolute Gasteiger partial charge is 0.370 e. The van der Waals surface area contributed by atoms with Gasteiger partial charge in [-0.25, -0.2) is 9.97 Å². The molecular formula is C20H26N6O.